The molecule has 1 aliphatic rings. The van der Waals surface area contributed by atoms with E-state index in [-0.39, 0.29) is 5.54 Å². The van der Waals surface area contributed by atoms with E-state index in [2.05, 4.69) is 33.6 Å². The first kappa shape index (κ1) is 14.2. The lowest BCUT2D eigenvalue weighted by molar-refractivity contribution is 0.119. The Labute approximate surface area is 115 Å². The Bertz CT molecular complexity index is 435. The van der Waals surface area contributed by atoms with Gasteiger partial charge in [-0.05, 0) is 27.7 Å². The standard InChI is InChI=1S/C14H25N5/c1-11-12(2)17-13(9-16-11)18-5-7-19(8-6-18)14(3,4)10-15/h9H,5-8,10,15H2,1-4H3. The van der Waals surface area contributed by atoms with Gasteiger partial charge in [0.05, 0.1) is 17.6 Å². The second-order valence-corrected chi connectivity index (χ2v) is 5.89. The largest absolute Gasteiger partial charge is 0.353 e. The predicted octanol–water partition coefficient (Wildman–Crippen LogP) is 0.953. The third kappa shape index (κ3) is 3.04. The number of aromatic nitrogens is 2. The topological polar surface area (TPSA) is 58.3 Å². The van der Waals surface area contributed by atoms with Gasteiger partial charge in [0.15, 0.2) is 0 Å². The number of rotatable bonds is 3. The van der Waals surface area contributed by atoms with E-state index in [0.717, 1.165) is 43.4 Å². The Balaban J connectivity index is 2.02. The molecule has 0 radical (unpaired) electrons. The van der Waals surface area contributed by atoms with Crippen LogP contribution in [0.5, 0.6) is 0 Å². The highest BCUT2D eigenvalue weighted by atomic mass is 15.3. The molecule has 5 heteroatoms. The molecule has 1 aromatic rings. The van der Waals surface area contributed by atoms with Crippen LogP contribution in [-0.4, -0.2) is 53.1 Å². The minimum atomic E-state index is 0.0843. The van der Waals surface area contributed by atoms with Gasteiger partial charge in [-0.15, -0.1) is 0 Å². The molecular weight excluding hydrogens is 238 g/mol. The highest BCUT2D eigenvalue weighted by Crippen LogP contribution is 2.19. The van der Waals surface area contributed by atoms with E-state index >= 15 is 0 Å². The number of aryl methyl sites for hydroxylation is 2. The van der Waals surface area contributed by atoms with Crippen molar-refractivity contribution < 1.29 is 0 Å². The lowest BCUT2D eigenvalue weighted by Gasteiger charge is -2.43. The van der Waals surface area contributed by atoms with Gasteiger partial charge in [-0.2, -0.15) is 0 Å². The zero-order valence-electron chi connectivity index (χ0n) is 12.5. The Kier molecular flexibility index (Phi) is 4.06. The maximum atomic E-state index is 5.84. The van der Waals surface area contributed by atoms with E-state index in [4.69, 9.17) is 5.73 Å². The number of hydrogen-bond acceptors (Lipinski definition) is 5. The molecule has 0 bridgehead atoms. The third-order valence-electron chi connectivity index (χ3n) is 4.14. The van der Waals surface area contributed by atoms with E-state index in [9.17, 15) is 0 Å². The quantitative estimate of drug-likeness (QED) is 0.880. The van der Waals surface area contributed by atoms with Crippen molar-refractivity contribution in [3.63, 3.8) is 0 Å². The fourth-order valence-corrected chi connectivity index (χ4v) is 2.35. The third-order valence-corrected chi connectivity index (χ3v) is 4.14. The Hall–Kier alpha value is -1.20. The van der Waals surface area contributed by atoms with Gasteiger partial charge in [-0.1, -0.05) is 0 Å². The van der Waals surface area contributed by atoms with Gasteiger partial charge in [-0.25, -0.2) is 4.98 Å². The van der Waals surface area contributed by atoms with E-state index in [1.54, 1.807) is 0 Å². The maximum absolute atomic E-state index is 5.84. The van der Waals surface area contributed by atoms with Crippen molar-refractivity contribution in [2.45, 2.75) is 33.2 Å². The second kappa shape index (κ2) is 5.43. The summed E-state index contributed by atoms with van der Waals surface area (Å²) in [6.07, 6.45) is 1.88. The molecule has 0 atom stereocenters. The van der Waals surface area contributed by atoms with Crippen molar-refractivity contribution in [3.8, 4) is 0 Å². The molecule has 2 N–H and O–H groups in total. The minimum absolute atomic E-state index is 0.0843. The van der Waals surface area contributed by atoms with Gasteiger partial charge in [0, 0.05) is 38.3 Å². The van der Waals surface area contributed by atoms with Crippen LogP contribution in [0.3, 0.4) is 0 Å². The van der Waals surface area contributed by atoms with Gasteiger partial charge in [0.2, 0.25) is 0 Å². The Morgan fingerprint density at radius 3 is 2.32 bits per heavy atom. The normalized spacial score (nSPS) is 17.8. The fraction of sp³-hybridized carbons (Fsp3) is 0.714. The smallest absolute Gasteiger partial charge is 0.147 e. The van der Waals surface area contributed by atoms with Crippen LogP contribution in [0, 0.1) is 13.8 Å². The summed E-state index contributed by atoms with van der Waals surface area (Å²) in [7, 11) is 0. The monoisotopic (exact) mass is 263 g/mol. The van der Waals surface area contributed by atoms with Crippen LogP contribution in [0.25, 0.3) is 0 Å². The predicted molar refractivity (Wildman–Crippen MR) is 78.4 cm³/mol. The molecule has 2 heterocycles. The molecule has 1 aromatic heterocycles. The lowest BCUT2D eigenvalue weighted by atomic mass is 10.0. The molecule has 0 aliphatic carbocycles. The van der Waals surface area contributed by atoms with Crippen LogP contribution in [0.4, 0.5) is 5.82 Å². The van der Waals surface area contributed by atoms with Gasteiger partial charge in [0.25, 0.3) is 0 Å². The number of nitrogens with zero attached hydrogens (tertiary/aromatic N) is 4. The van der Waals surface area contributed by atoms with Gasteiger partial charge in [0.1, 0.15) is 5.82 Å². The number of nitrogens with two attached hydrogens (primary N) is 1. The first-order valence-corrected chi connectivity index (χ1v) is 6.94. The van der Waals surface area contributed by atoms with Gasteiger partial charge in [-0.3, -0.25) is 9.88 Å². The summed E-state index contributed by atoms with van der Waals surface area (Å²) in [6, 6.07) is 0. The van der Waals surface area contributed by atoms with Crippen molar-refractivity contribution in [2.24, 2.45) is 5.73 Å². The molecule has 0 amide bonds. The van der Waals surface area contributed by atoms with Gasteiger partial charge < -0.3 is 10.6 Å². The first-order chi connectivity index (χ1) is 8.94. The summed E-state index contributed by atoms with van der Waals surface area (Å²) in [6.45, 7) is 13.1. The molecule has 0 aromatic carbocycles. The van der Waals surface area contributed by atoms with E-state index in [1.165, 1.54) is 0 Å². The summed E-state index contributed by atoms with van der Waals surface area (Å²) in [5, 5.41) is 0. The van der Waals surface area contributed by atoms with Crippen molar-refractivity contribution in [2.75, 3.05) is 37.6 Å². The minimum Gasteiger partial charge on any atom is -0.353 e. The Morgan fingerprint density at radius 2 is 1.79 bits per heavy atom. The molecule has 0 spiro atoms. The van der Waals surface area contributed by atoms with Crippen molar-refractivity contribution >= 4 is 5.82 Å². The summed E-state index contributed by atoms with van der Waals surface area (Å²) < 4.78 is 0. The molecule has 1 fully saturated rings. The molecule has 1 aliphatic heterocycles. The maximum Gasteiger partial charge on any atom is 0.147 e. The van der Waals surface area contributed by atoms with Crippen LogP contribution in [-0.2, 0) is 0 Å². The number of piperazine rings is 1. The lowest BCUT2D eigenvalue weighted by Crippen LogP contribution is -2.57. The molecule has 0 saturated carbocycles. The molecule has 5 nitrogen and oxygen atoms in total. The zero-order valence-corrected chi connectivity index (χ0v) is 12.5. The highest BCUT2D eigenvalue weighted by Gasteiger charge is 2.29. The molecule has 106 valence electrons. The fourth-order valence-electron chi connectivity index (χ4n) is 2.35. The summed E-state index contributed by atoms with van der Waals surface area (Å²) in [5.74, 6) is 0.994. The van der Waals surface area contributed by atoms with Crippen LogP contribution in [0.2, 0.25) is 0 Å². The average molecular weight is 263 g/mol. The summed E-state index contributed by atoms with van der Waals surface area (Å²) in [4.78, 5) is 13.8. The van der Waals surface area contributed by atoms with Crippen molar-refractivity contribution in [1.29, 1.82) is 0 Å². The summed E-state index contributed by atoms with van der Waals surface area (Å²) >= 11 is 0. The zero-order chi connectivity index (χ0) is 14.0. The highest BCUT2D eigenvalue weighted by molar-refractivity contribution is 5.38. The SMILES string of the molecule is Cc1ncc(N2CCN(C(C)(C)CN)CC2)nc1C. The molecular formula is C14H25N5. The number of hydrogen-bond donors (Lipinski definition) is 1. The van der Waals surface area contributed by atoms with Gasteiger partial charge >= 0.3 is 0 Å². The Morgan fingerprint density at radius 1 is 1.16 bits per heavy atom. The van der Waals surface area contributed by atoms with E-state index in [0.29, 0.717) is 6.54 Å². The molecule has 2 rings (SSSR count). The van der Waals surface area contributed by atoms with E-state index in [1.807, 2.05) is 20.0 Å². The van der Waals surface area contributed by atoms with Crippen LogP contribution < -0.4 is 10.6 Å². The molecule has 1 saturated heterocycles. The summed E-state index contributed by atoms with van der Waals surface area (Å²) in [5.41, 5.74) is 7.95. The molecule has 19 heavy (non-hydrogen) atoms. The van der Waals surface area contributed by atoms with Crippen LogP contribution in [0.15, 0.2) is 6.20 Å². The van der Waals surface area contributed by atoms with Crippen LogP contribution >= 0.6 is 0 Å². The molecule has 0 unspecified atom stereocenters. The first-order valence-electron chi connectivity index (χ1n) is 6.94. The van der Waals surface area contributed by atoms with Crippen molar-refractivity contribution in [1.82, 2.24) is 14.9 Å². The van der Waals surface area contributed by atoms with Crippen molar-refractivity contribution in [3.05, 3.63) is 17.6 Å². The van der Waals surface area contributed by atoms with Crippen LogP contribution in [0.1, 0.15) is 25.2 Å². The average Bonchev–Trinajstić information content (AvgIpc) is 2.42. The second-order valence-electron chi connectivity index (χ2n) is 5.89. The van der Waals surface area contributed by atoms with E-state index < -0.39 is 0 Å². The number of anilines is 1.